The number of carbonyl (C=O) groups excluding carboxylic acids is 1. The molecule has 2 amide bonds. The van der Waals surface area contributed by atoms with Crippen molar-refractivity contribution in [2.24, 2.45) is 5.92 Å². The first kappa shape index (κ1) is 20.5. The molecule has 0 aliphatic heterocycles. The lowest BCUT2D eigenvalue weighted by Crippen LogP contribution is -2.51. The van der Waals surface area contributed by atoms with Gasteiger partial charge in [0.25, 0.3) is 0 Å². The van der Waals surface area contributed by atoms with E-state index >= 15 is 0 Å². The van der Waals surface area contributed by atoms with E-state index in [0.29, 0.717) is 24.8 Å². The largest absolute Gasteiger partial charge is 0.393 e. The van der Waals surface area contributed by atoms with Crippen LogP contribution >= 0.6 is 0 Å². The minimum atomic E-state index is -4.33. The molecule has 26 heavy (non-hydrogen) atoms. The SMILES string of the molecule is CC(NC(=O)NC1CCCCC1C(F)(F)F)c1ccc(S(C)(=O)=O)cc1. The molecule has 3 unspecified atom stereocenters. The molecule has 1 saturated carbocycles. The number of halogens is 3. The summed E-state index contributed by atoms with van der Waals surface area (Å²) < 4.78 is 62.2. The summed E-state index contributed by atoms with van der Waals surface area (Å²) >= 11 is 0. The number of rotatable bonds is 4. The van der Waals surface area contributed by atoms with Crippen LogP contribution in [0.5, 0.6) is 0 Å². The van der Waals surface area contributed by atoms with Crippen LogP contribution in [0.25, 0.3) is 0 Å². The van der Waals surface area contributed by atoms with E-state index in [2.05, 4.69) is 10.6 Å². The van der Waals surface area contributed by atoms with Crippen molar-refractivity contribution in [2.75, 3.05) is 6.26 Å². The molecule has 0 aromatic heterocycles. The second kappa shape index (κ2) is 7.85. The average molecular weight is 392 g/mol. The zero-order valence-corrected chi connectivity index (χ0v) is 15.5. The van der Waals surface area contributed by atoms with Crippen molar-refractivity contribution in [1.29, 1.82) is 0 Å². The van der Waals surface area contributed by atoms with Crippen molar-refractivity contribution >= 4 is 15.9 Å². The van der Waals surface area contributed by atoms with E-state index in [1.807, 2.05) is 0 Å². The van der Waals surface area contributed by atoms with Crippen LogP contribution in [-0.2, 0) is 9.84 Å². The number of amides is 2. The smallest absolute Gasteiger partial charge is 0.335 e. The second-order valence-corrected chi connectivity index (χ2v) is 8.74. The molecule has 0 spiro atoms. The van der Waals surface area contributed by atoms with Gasteiger partial charge in [-0.1, -0.05) is 25.0 Å². The monoisotopic (exact) mass is 392 g/mol. The minimum absolute atomic E-state index is 0.0248. The van der Waals surface area contributed by atoms with Gasteiger partial charge in [0.15, 0.2) is 9.84 Å². The van der Waals surface area contributed by atoms with E-state index in [4.69, 9.17) is 0 Å². The molecule has 9 heteroatoms. The topological polar surface area (TPSA) is 75.3 Å². The molecule has 1 aromatic rings. The van der Waals surface area contributed by atoms with Gasteiger partial charge >= 0.3 is 12.2 Å². The van der Waals surface area contributed by atoms with Gasteiger partial charge in [0.1, 0.15) is 0 Å². The van der Waals surface area contributed by atoms with Crippen LogP contribution < -0.4 is 10.6 Å². The van der Waals surface area contributed by atoms with Crippen molar-refractivity contribution in [1.82, 2.24) is 10.6 Å². The maximum absolute atomic E-state index is 13.1. The Balaban J connectivity index is 1.98. The summed E-state index contributed by atoms with van der Waals surface area (Å²) in [5.74, 6) is -1.52. The number of hydrogen-bond donors (Lipinski definition) is 2. The summed E-state index contributed by atoms with van der Waals surface area (Å²) in [6.07, 6.45) is -1.75. The fourth-order valence-electron chi connectivity index (χ4n) is 3.19. The lowest BCUT2D eigenvalue weighted by molar-refractivity contribution is -0.187. The van der Waals surface area contributed by atoms with Crippen LogP contribution in [0, 0.1) is 5.92 Å². The van der Waals surface area contributed by atoms with Gasteiger partial charge in [-0.25, -0.2) is 13.2 Å². The molecule has 0 heterocycles. The molecule has 0 radical (unpaired) electrons. The highest BCUT2D eigenvalue weighted by molar-refractivity contribution is 7.90. The summed E-state index contributed by atoms with van der Waals surface area (Å²) in [5, 5.41) is 5.05. The molecule has 1 aliphatic carbocycles. The summed E-state index contributed by atoms with van der Waals surface area (Å²) in [6.45, 7) is 1.68. The van der Waals surface area contributed by atoms with Crippen molar-refractivity contribution in [2.45, 2.75) is 55.8 Å². The molecular formula is C17H23F3N2O3S. The molecule has 2 rings (SSSR count). The van der Waals surface area contributed by atoms with E-state index in [0.717, 1.165) is 6.26 Å². The van der Waals surface area contributed by atoms with Crippen LogP contribution in [0.15, 0.2) is 29.2 Å². The van der Waals surface area contributed by atoms with Crippen LogP contribution in [0.4, 0.5) is 18.0 Å². The minimum Gasteiger partial charge on any atom is -0.335 e. The van der Waals surface area contributed by atoms with Crippen LogP contribution in [0.2, 0.25) is 0 Å². The Morgan fingerprint density at radius 1 is 1.15 bits per heavy atom. The van der Waals surface area contributed by atoms with Gasteiger partial charge in [-0.05, 0) is 37.5 Å². The Hall–Kier alpha value is -1.77. The predicted octanol–water partition coefficient (Wildman–Crippen LogP) is 3.57. The van der Waals surface area contributed by atoms with Crippen LogP contribution in [0.3, 0.4) is 0 Å². The fraction of sp³-hybridized carbons (Fsp3) is 0.588. The molecule has 0 saturated heterocycles. The maximum atomic E-state index is 13.1. The number of nitrogens with one attached hydrogen (secondary N) is 2. The first-order valence-corrected chi connectivity index (χ1v) is 10.3. The zero-order valence-electron chi connectivity index (χ0n) is 14.6. The van der Waals surface area contributed by atoms with E-state index in [-0.39, 0.29) is 11.3 Å². The van der Waals surface area contributed by atoms with Gasteiger partial charge in [-0.3, -0.25) is 0 Å². The number of hydrogen-bond acceptors (Lipinski definition) is 3. The van der Waals surface area contributed by atoms with E-state index in [9.17, 15) is 26.4 Å². The van der Waals surface area contributed by atoms with Gasteiger partial charge in [0, 0.05) is 12.3 Å². The predicted molar refractivity (Wildman–Crippen MR) is 91.4 cm³/mol. The van der Waals surface area contributed by atoms with Crippen molar-refractivity contribution < 1.29 is 26.4 Å². The molecule has 5 nitrogen and oxygen atoms in total. The lowest BCUT2D eigenvalue weighted by atomic mass is 9.84. The normalized spacial score (nSPS) is 22.5. The molecule has 1 aromatic carbocycles. The summed E-state index contributed by atoms with van der Waals surface area (Å²) in [5.41, 5.74) is 0.656. The Bertz CT molecular complexity index is 733. The third-order valence-electron chi connectivity index (χ3n) is 4.66. The maximum Gasteiger partial charge on any atom is 0.393 e. The lowest BCUT2D eigenvalue weighted by Gasteiger charge is -2.33. The fourth-order valence-corrected chi connectivity index (χ4v) is 3.82. The Kier molecular flexibility index (Phi) is 6.21. The van der Waals surface area contributed by atoms with Crippen molar-refractivity contribution in [3.63, 3.8) is 0 Å². The zero-order chi connectivity index (χ0) is 19.5. The van der Waals surface area contributed by atoms with Gasteiger partial charge in [-0.2, -0.15) is 13.2 Å². The van der Waals surface area contributed by atoms with E-state index in [1.165, 1.54) is 12.1 Å². The van der Waals surface area contributed by atoms with Crippen molar-refractivity contribution in [3.05, 3.63) is 29.8 Å². The Morgan fingerprint density at radius 3 is 2.27 bits per heavy atom. The van der Waals surface area contributed by atoms with Gasteiger partial charge in [0.2, 0.25) is 0 Å². The third kappa shape index (κ3) is 5.36. The molecular weight excluding hydrogens is 369 g/mol. The van der Waals surface area contributed by atoms with Crippen LogP contribution in [0.1, 0.15) is 44.2 Å². The highest BCUT2D eigenvalue weighted by Crippen LogP contribution is 2.37. The first-order chi connectivity index (χ1) is 12.0. The van der Waals surface area contributed by atoms with E-state index in [1.54, 1.807) is 19.1 Å². The van der Waals surface area contributed by atoms with Gasteiger partial charge < -0.3 is 10.6 Å². The number of urea groups is 1. The second-order valence-electron chi connectivity index (χ2n) is 6.72. The van der Waals surface area contributed by atoms with E-state index < -0.39 is 40.0 Å². The average Bonchev–Trinajstić information content (AvgIpc) is 2.53. The molecule has 1 fully saturated rings. The summed E-state index contributed by atoms with van der Waals surface area (Å²) in [6, 6.07) is 3.94. The number of alkyl halides is 3. The third-order valence-corrected chi connectivity index (χ3v) is 5.79. The van der Waals surface area contributed by atoms with Crippen molar-refractivity contribution in [3.8, 4) is 0 Å². The molecule has 3 atom stereocenters. The Labute approximate surface area is 151 Å². The number of sulfone groups is 1. The highest BCUT2D eigenvalue weighted by Gasteiger charge is 2.46. The van der Waals surface area contributed by atoms with Gasteiger partial charge in [0.05, 0.1) is 16.9 Å². The molecule has 1 aliphatic rings. The summed E-state index contributed by atoms with van der Waals surface area (Å²) in [4.78, 5) is 12.3. The number of benzene rings is 1. The first-order valence-electron chi connectivity index (χ1n) is 8.42. The summed E-state index contributed by atoms with van der Waals surface area (Å²) in [7, 11) is -3.31. The molecule has 0 bridgehead atoms. The number of carbonyl (C=O) groups is 1. The highest BCUT2D eigenvalue weighted by atomic mass is 32.2. The Morgan fingerprint density at radius 2 is 1.73 bits per heavy atom. The van der Waals surface area contributed by atoms with Crippen LogP contribution in [-0.4, -0.2) is 32.9 Å². The molecule has 2 N–H and O–H groups in total. The van der Waals surface area contributed by atoms with Gasteiger partial charge in [-0.15, -0.1) is 0 Å². The standard InChI is InChI=1S/C17H23F3N2O3S/c1-11(12-7-9-13(10-8-12)26(2,24)25)21-16(23)22-15-6-4-3-5-14(15)17(18,19)20/h7-11,14-15H,3-6H2,1-2H3,(H2,21,22,23). The quantitative estimate of drug-likeness (QED) is 0.823. The molecule has 146 valence electrons.